The summed E-state index contributed by atoms with van der Waals surface area (Å²) in [6, 6.07) is 0. The molecule has 0 aliphatic rings. The Balaban J connectivity index is -0.000000109. The smallest absolute Gasteiger partial charge is 0.100 e. The minimum absolute atomic E-state index is 0. The Labute approximate surface area is 60.2 Å². The first-order chi connectivity index (χ1) is 3.81. The number of halogens is 1. The molecule has 5 heteroatoms. The average molecular weight is 161 g/mol. The first kappa shape index (κ1) is 16.1. The van der Waals surface area contributed by atoms with Crippen LogP contribution in [-0.4, -0.2) is 46.9 Å². The first-order valence-electron chi connectivity index (χ1n) is 2.15. The van der Waals surface area contributed by atoms with E-state index in [2.05, 4.69) is 0 Å². The molecule has 4 N–H and O–H groups in total. The van der Waals surface area contributed by atoms with Crippen molar-refractivity contribution < 1.29 is 20.4 Å². The monoisotopic (exact) mass is 160 g/mol. The Bertz CT molecular complexity index is 31.7. The molecule has 0 bridgehead atoms. The molecule has 0 heterocycles. The third kappa shape index (κ3) is 17.9. The van der Waals surface area contributed by atoms with Crippen LogP contribution in [-0.2, 0) is 0 Å². The van der Waals surface area contributed by atoms with Crippen LogP contribution in [0.4, 0.5) is 0 Å². The van der Waals surface area contributed by atoms with Crippen LogP contribution in [0.2, 0.25) is 0 Å². The van der Waals surface area contributed by atoms with Gasteiger partial charge in [-0.3, -0.25) is 0 Å². The predicted octanol–water partition coefficient (Wildman–Crippen LogP) is -1.64. The van der Waals surface area contributed by atoms with Crippen molar-refractivity contribution >= 4 is 12.4 Å². The number of rotatable bonds is 2. The van der Waals surface area contributed by atoms with Crippen LogP contribution >= 0.6 is 12.4 Å². The van der Waals surface area contributed by atoms with Crippen molar-refractivity contribution in [1.29, 1.82) is 0 Å². The molecule has 4 nitrogen and oxygen atoms in total. The maximum absolute atomic E-state index is 8.17. The highest BCUT2D eigenvalue weighted by molar-refractivity contribution is 5.85. The molecule has 0 spiro atoms. The number of aliphatic hydroxyl groups excluding tert-OH is 4. The lowest BCUT2D eigenvalue weighted by atomic mass is 10.4. The standard InChI is InChI=1S/C3H8O3.CH4O.ClH/c4-1-3(6)2-5;1-2;/h3-6H,1-2H2;2H,1H3;1H. The summed E-state index contributed by atoms with van der Waals surface area (Å²) >= 11 is 0. The van der Waals surface area contributed by atoms with E-state index in [0.717, 1.165) is 7.11 Å². The van der Waals surface area contributed by atoms with Crippen LogP contribution in [0.3, 0.4) is 0 Å². The Hall–Kier alpha value is 0.130. The molecule has 60 valence electrons. The molecule has 0 aliphatic carbocycles. The van der Waals surface area contributed by atoms with Gasteiger partial charge in [0.2, 0.25) is 0 Å². The highest BCUT2D eigenvalue weighted by Crippen LogP contribution is 1.71. The van der Waals surface area contributed by atoms with E-state index in [1.54, 1.807) is 0 Å². The molecule has 9 heavy (non-hydrogen) atoms. The number of aliphatic hydroxyl groups is 4. The van der Waals surface area contributed by atoms with Crippen molar-refractivity contribution in [3.05, 3.63) is 0 Å². The van der Waals surface area contributed by atoms with Crippen molar-refractivity contribution in [3.63, 3.8) is 0 Å². The van der Waals surface area contributed by atoms with Crippen molar-refractivity contribution in [3.8, 4) is 0 Å². The largest absolute Gasteiger partial charge is 0.400 e. The van der Waals surface area contributed by atoms with Gasteiger partial charge in [0, 0.05) is 7.11 Å². The summed E-state index contributed by atoms with van der Waals surface area (Å²) in [5.74, 6) is 0. The van der Waals surface area contributed by atoms with E-state index in [0.29, 0.717) is 0 Å². The number of hydrogen-bond donors (Lipinski definition) is 4. The highest BCUT2D eigenvalue weighted by Gasteiger charge is 1.93. The zero-order valence-corrected chi connectivity index (χ0v) is 6.01. The van der Waals surface area contributed by atoms with Gasteiger partial charge in [0.25, 0.3) is 0 Å². The summed E-state index contributed by atoms with van der Waals surface area (Å²) in [6.07, 6.45) is -0.954. The second kappa shape index (κ2) is 15.7. The van der Waals surface area contributed by atoms with Gasteiger partial charge in [-0.1, -0.05) is 0 Å². The van der Waals surface area contributed by atoms with Crippen LogP contribution in [0.1, 0.15) is 0 Å². The predicted molar refractivity (Wildman–Crippen MR) is 35.6 cm³/mol. The molecule has 0 aromatic carbocycles. The molecular weight excluding hydrogens is 147 g/mol. The second-order valence-electron chi connectivity index (χ2n) is 1.02. The molecule has 0 aromatic heterocycles. The molecule has 0 atom stereocenters. The van der Waals surface area contributed by atoms with Crippen molar-refractivity contribution in [2.75, 3.05) is 20.3 Å². The van der Waals surface area contributed by atoms with Crippen LogP contribution in [0.5, 0.6) is 0 Å². The minimum atomic E-state index is -0.954. The van der Waals surface area contributed by atoms with E-state index in [1.807, 2.05) is 0 Å². The molecule has 0 aliphatic heterocycles. The van der Waals surface area contributed by atoms with Gasteiger partial charge in [0.15, 0.2) is 0 Å². The van der Waals surface area contributed by atoms with Gasteiger partial charge in [-0.2, -0.15) is 0 Å². The summed E-state index contributed by atoms with van der Waals surface area (Å²) in [4.78, 5) is 0. The highest BCUT2D eigenvalue weighted by atomic mass is 35.5. The van der Waals surface area contributed by atoms with Crippen LogP contribution in [0.15, 0.2) is 0 Å². The van der Waals surface area contributed by atoms with Crippen LogP contribution in [0.25, 0.3) is 0 Å². The molecule has 0 unspecified atom stereocenters. The van der Waals surface area contributed by atoms with Gasteiger partial charge < -0.3 is 20.4 Å². The molecule has 0 saturated carbocycles. The normalized spacial score (nSPS) is 7.33. The van der Waals surface area contributed by atoms with Gasteiger partial charge >= 0.3 is 0 Å². The van der Waals surface area contributed by atoms with E-state index >= 15 is 0 Å². The second-order valence-corrected chi connectivity index (χ2v) is 1.02. The lowest BCUT2D eigenvalue weighted by Gasteiger charge is -1.96. The van der Waals surface area contributed by atoms with Crippen molar-refractivity contribution in [1.82, 2.24) is 0 Å². The summed E-state index contributed by atoms with van der Waals surface area (Å²) in [7, 11) is 1.00. The quantitative estimate of drug-likeness (QED) is 0.391. The van der Waals surface area contributed by atoms with E-state index in [9.17, 15) is 0 Å². The Morgan fingerprint density at radius 3 is 1.33 bits per heavy atom. The fourth-order valence-corrected chi connectivity index (χ4v) is 0.0577. The Kier molecular flexibility index (Phi) is 28.0. The fraction of sp³-hybridized carbons (Fsp3) is 1.00. The van der Waals surface area contributed by atoms with Gasteiger partial charge in [0.1, 0.15) is 6.10 Å². The van der Waals surface area contributed by atoms with E-state index in [4.69, 9.17) is 20.4 Å². The molecular formula is C4H13ClO4. The summed E-state index contributed by atoms with van der Waals surface area (Å²) < 4.78 is 0. The SMILES string of the molecule is CO.Cl.OCC(O)CO. The molecule has 0 amide bonds. The fourth-order valence-electron chi connectivity index (χ4n) is 0.0577. The third-order valence-corrected chi connectivity index (χ3v) is 0.421. The minimum Gasteiger partial charge on any atom is -0.400 e. The van der Waals surface area contributed by atoms with E-state index in [-0.39, 0.29) is 25.6 Å². The summed E-state index contributed by atoms with van der Waals surface area (Å²) in [5, 5.41) is 31.0. The van der Waals surface area contributed by atoms with Crippen LogP contribution < -0.4 is 0 Å². The maximum Gasteiger partial charge on any atom is 0.100 e. The summed E-state index contributed by atoms with van der Waals surface area (Å²) in [6.45, 7) is -0.729. The molecule has 0 radical (unpaired) electrons. The zero-order chi connectivity index (χ0) is 6.99. The van der Waals surface area contributed by atoms with Crippen LogP contribution in [0, 0.1) is 0 Å². The van der Waals surface area contributed by atoms with Gasteiger partial charge in [-0.05, 0) is 0 Å². The van der Waals surface area contributed by atoms with Gasteiger partial charge in [-0.15, -0.1) is 12.4 Å². The van der Waals surface area contributed by atoms with E-state index < -0.39 is 6.10 Å². The average Bonchev–Trinajstić information content (AvgIpc) is 1.91. The number of hydrogen-bond acceptors (Lipinski definition) is 4. The van der Waals surface area contributed by atoms with Crippen molar-refractivity contribution in [2.24, 2.45) is 0 Å². The van der Waals surface area contributed by atoms with Gasteiger partial charge in [-0.25, -0.2) is 0 Å². The first-order valence-corrected chi connectivity index (χ1v) is 2.15. The van der Waals surface area contributed by atoms with E-state index in [1.165, 1.54) is 0 Å². The van der Waals surface area contributed by atoms with Crippen molar-refractivity contribution in [2.45, 2.75) is 6.10 Å². The molecule has 0 fully saturated rings. The topological polar surface area (TPSA) is 80.9 Å². The Morgan fingerprint density at radius 1 is 1.11 bits per heavy atom. The Morgan fingerprint density at radius 2 is 1.33 bits per heavy atom. The van der Waals surface area contributed by atoms with Gasteiger partial charge in [0.05, 0.1) is 13.2 Å². The third-order valence-electron chi connectivity index (χ3n) is 0.421. The lowest BCUT2D eigenvalue weighted by Crippen LogP contribution is -2.15. The molecule has 0 aromatic rings. The zero-order valence-electron chi connectivity index (χ0n) is 5.19. The molecule has 0 rings (SSSR count). The molecule has 0 saturated heterocycles. The lowest BCUT2D eigenvalue weighted by molar-refractivity contribution is 0.0450. The maximum atomic E-state index is 8.17. The summed E-state index contributed by atoms with van der Waals surface area (Å²) in [5.41, 5.74) is 0.